The average molecular weight is 236 g/mol. The monoisotopic (exact) mass is 236 g/mol. The maximum absolute atomic E-state index is 10.9. The highest BCUT2D eigenvalue weighted by atomic mass is 32.2. The van der Waals surface area contributed by atoms with Crippen LogP contribution in [0.1, 0.15) is 25.7 Å². The van der Waals surface area contributed by atoms with Gasteiger partial charge in [-0.05, 0) is 31.6 Å². The Labute approximate surface area is 91.6 Å². The molecule has 1 aliphatic heterocycles. The standard InChI is InChI=1S/C10H20O4S/c1-15(12,13)8-2-3-10(11)9-4-6-14-7-5-9/h9-11H,2-8H2,1H3. The van der Waals surface area contributed by atoms with Crippen LogP contribution in [0, 0.1) is 5.92 Å². The predicted octanol–water partition coefficient (Wildman–Crippen LogP) is 0.599. The zero-order valence-corrected chi connectivity index (χ0v) is 10.0. The van der Waals surface area contributed by atoms with Crippen molar-refractivity contribution in [2.75, 3.05) is 25.2 Å². The molecule has 1 fully saturated rings. The van der Waals surface area contributed by atoms with E-state index in [1.165, 1.54) is 6.26 Å². The number of hydrogen-bond donors (Lipinski definition) is 1. The Balaban J connectivity index is 2.20. The highest BCUT2D eigenvalue weighted by Gasteiger charge is 2.21. The lowest BCUT2D eigenvalue weighted by Crippen LogP contribution is -2.27. The van der Waals surface area contributed by atoms with E-state index < -0.39 is 9.84 Å². The third kappa shape index (κ3) is 5.49. The molecule has 1 unspecified atom stereocenters. The molecule has 0 bridgehead atoms. The molecule has 0 radical (unpaired) electrons. The molecule has 1 rings (SSSR count). The third-order valence-electron chi connectivity index (χ3n) is 2.83. The van der Waals surface area contributed by atoms with Crippen molar-refractivity contribution in [3.63, 3.8) is 0 Å². The van der Waals surface area contributed by atoms with Gasteiger partial charge < -0.3 is 9.84 Å². The minimum Gasteiger partial charge on any atom is -0.393 e. The zero-order valence-electron chi connectivity index (χ0n) is 9.18. The molecule has 4 nitrogen and oxygen atoms in total. The first-order valence-electron chi connectivity index (χ1n) is 5.42. The maximum atomic E-state index is 10.9. The second kappa shape index (κ2) is 5.82. The molecule has 90 valence electrons. The van der Waals surface area contributed by atoms with Crippen molar-refractivity contribution in [3.8, 4) is 0 Å². The van der Waals surface area contributed by atoms with Gasteiger partial charge in [-0.3, -0.25) is 0 Å². The van der Waals surface area contributed by atoms with Crippen molar-refractivity contribution in [2.24, 2.45) is 5.92 Å². The molecule has 0 amide bonds. The minimum atomic E-state index is -2.89. The van der Waals surface area contributed by atoms with Crippen LogP contribution in [0.25, 0.3) is 0 Å². The highest BCUT2D eigenvalue weighted by Crippen LogP contribution is 2.21. The van der Waals surface area contributed by atoms with Crippen LogP contribution in [0.2, 0.25) is 0 Å². The van der Waals surface area contributed by atoms with Crippen molar-refractivity contribution < 1.29 is 18.3 Å². The summed E-state index contributed by atoms with van der Waals surface area (Å²) in [4.78, 5) is 0. The molecule has 15 heavy (non-hydrogen) atoms. The predicted molar refractivity (Wildman–Crippen MR) is 58.5 cm³/mol. The Hall–Kier alpha value is -0.130. The molecule has 1 atom stereocenters. The minimum absolute atomic E-state index is 0.174. The molecule has 0 aromatic heterocycles. The summed E-state index contributed by atoms with van der Waals surface area (Å²) in [7, 11) is -2.89. The quantitative estimate of drug-likeness (QED) is 0.759. The van der Waals surface area contributed by atoms with E-state index in [9.17, 15) is 13.5 Å². The van der Waals surface area contributed by atoms with Gasteiger partial charge in [0.05, 0.1) is 6.10 Å². The Bertz CT molecular complexity index is 267. The van der Waals surface area contributed by atoms with E-state index >= 15 is 0 Å². The van der Waals surface area contributed by atoms with Crippen LogP contribution in [0.5, 0.6) is 0 Å². The van der Waals surface area contributed by atoms with E-state index in [2.05, 4.69) is 0 Å². The van der Waals surface area contributed by atoms with E-state index in [1.54, 1.807) is 0 Å². The van der Waals surface area contributed by atoms with Crippen LogP contribution in [0.3, 0.4) is 0 Å². The van der Waals surface area contributed by atoms with Gasteiger partial charge in [0.2, 0.25) is 0 Å². The summed E-state index contributed by atoms with van der Waals surface area (Å²) in [5, 5.41) is 9.82. The maximum Gasteiger partial charge on any atom is 0.147 e. The molecule has 0 spiro atoms. The topological polar surface area (TPSA) is 63.6 Å². The number of sulfone groups is 1. The lowest BCUT2D eigenvalue weighted by atomic mass is 9.91. The zero-order chi connectivity index (χ0) is 11.3. The van der Waals surface area contributed by atoms with E-state index in [4.69, 9.17) is 4.74 Å². The smallest absolute Gasteiger partial charge is 0.147 e. The summed E-state index contributed by atoms with van der Waals surface area (Å²) in [6.45, 7) is 1.43. The van der Waals surface area contributed by atoms with Crippen molar-refractivity contribution in [2.45, 2.75) is 31.8 Å². The first kappa shape index (κ1) is 12.9. The molecular weight excluding hydrogens is 216 g/mol. The van der Waals surface area contributed by atoms with E-state index in [-0.39, 0.29) is 11.9 Å². The first-order chi connectivity index (χ1) is 6.99. The van der Waals surface area contributed by atoms with Gasteiger partial charge in [-0.2, -0.15) is 0 Å². The number of hydrogen-bond acceptors (Lipinski definition) is 4. The van der Waals surface area contributed by atoms with Gasteiger partial charge in [-0.25, -0.2) is 8.42 Å². The molecule has 1 saturated heterocycles. The van der Waals surface area contributed by atoms with Crippen LogP contribution < -0.4 is 0 Å². The fourth-order valence-electron chi connectivity index (χ4n) is 1.89. The average Bonchev–Trinajstić information content (AvgIpc) is 2.17. The molecule has 1 heterocycles. The largest absolute Gasteiger partial charge is 0.393 e. The fourth-order valence-corrected chi connectivity index (χ4v) is 2.58. The van der Waals surface area contributed by atoms with E-state index in [0.29, 0.717) is 32.0 Å². The van der Waals surface area contributed by atoms with Gasteiger partial charge in [0.1, 0.15) is 9.84 Å². The molecular formula is C10H20O4S. The molecule has 0 aliphatic carbocycles. The Morgan fingerprint density at radius 3 is 2.53 bits per heavy atom. The SMILES string of the molecule is CS(=O)(=O)CCCC(O)C1CCOCC1. The van der Waals surface area contributed by atoms with Crippen molar-refractivity contribution >= 4 is 9.84 Å². The van der Waals surface area contributed by atoms with Crippen molar-refractivity contribution in [3.05, 3.63) is 0 Å². The van der Waals surface area contributed by atoms with Gasteiger partial charge in [0, 0.05) is 25.2 Å². The first-order valence-corrected chi connectivity index (χ1v) is 7.48. The molecule has 0 saturated carbocycles. The van der Waals surface area contributed by atoms with Gasteiger partial charge >= 0.3 is 0 Å². The van der Waals surface area contributed by atoms with Crippen LogP contribution in [-0.2, 0) is 14.6 Å². The lowest BCUT2D eigenvalue weighted by Gasteiger charge is -2.26. The van der Waals surface area contributed by atoms with Crippen LogP contribution >= 0.6 is 0 Å². The number of rotatable bonds is 5. The van der Waals surface area contributed by atoms with E-state index in [0.717, 1.165) is 12.8 Å². The van der Waals surface area contributed by atoms with Crippen LogP contribution in [-0.4, -0.2) is 44.9 Å². The third-order valence-corrected chi connectivity index (χ3v) is 3.86. The number of aliphatic hydroxyl groups excluding tert-OH is 1. The molecule has 5 heteroatoms. The second-order valence-corrected chi connectivity index (χ2v) is 6.55. The van der Waals surface area contributed by atoms with Gasteiger partial charge in [0.15, 0.2) is 0 Å². The Morgan fingerprint density at radius 2 is 2.00 bits per heavy atom. The summed E-state index contributed by atoms with van der Waals surface area (Å²) in [5.74, 6) is 0.464. The highest BCUT2D eigenvalue weighted by molar-refractivity contribution is 7.90. The lowest BCUT2D eigenvalue weighted by molar-refractivity contribution is 0.00486. The number of ether oxygens (including phenoxy) is 1. The molecule has 1 aliphatic rings. The van der Waals surface area contributed by atoms with Gasteiger partial charge in [0.25, 0.3) is 0 Å². The van der Waals surface area contributed by atoms with Gasteiger partial charge in [-0.15, -0.1) is 0 Å². The Morgan fingerprint density at radius 1 is 1.40 bits per heavy atom. The number of aliphatic hydroxyl groups is 1. The van der Waals surface area contributed by atoms with Crippen LogP contribution in [0.15, 0.2) is 0 Å². The summed E-state index contributed by atoms with van der Waals surface area (Å²) in [5.41, 5.74) is 0. The molecule has 1 N–H and O–H groups in total. The summed E-state index contributed by atoms with van der Waals surface area (Å²) in [6.07, 6.45) is 3.78. The summed E-state index contributed by atoms with van der Waals surface area (Å²) in [6, 6.07) is 0. The van der Waals surface area contributed by atoms with E-state index in [1.807, 2.05) is 0 Å². The van der Waals surface area contributed by atoms with Crippen molar-refractivity contribution in [1.82, 2.24) is 0 Å². The van der Waals surface area contributed by atoms with Crippen LogP contribution in [0.4, 0.5) is 0 Å². The normalized spacial score (nSPS) is 21.5. The molecule has 0 aromatic rings. The van der Waals surface area contributed by atoms with Crippen molar-refractivity contribution in [1.29, 1.82) is 0 Å². The summed E-state index contributed by atoms with van der Waals surface area (Å²) < 4.78 is 27.0. The molecule has 0 aromatic carbocycles. The second-order valence-electron chi connectivity index (χ2n) is 4.29. The fraction of sp³-hybridized carbons (Fsp3) is 1.00. The summed E-state index contributed by atoms with van der Waals surface area (Å²) >= 11 is 0. The Kier molecular flexibility index (Phi) is 5.02. The van der Waals surface area contributed by atoms with Gasteiger partial charge in [-0.1, -0.05) is 0 Å².